The smallest absolute Gasteiger partial charge is 0.346 e. The van der Waals surface area contributed by atoms with Crippen molar-refractivity contribution in [3.05, 3.63) is 51.3 Å². The maximum Gasteiger partial charge on any atom is 0.346 e. The number of aryl methyl sites for hydroxylation is 1. The first kappa shape index (κ1) is 16.2. The molecule has 1 N–H and O–H groups in total. The highest BCUT2D eigenvalue weighted by molar-refractivity contribution is 7.98. The van der Waals surface area contributed by atoms with Gasteiger partial charge in [-0.3, -0.25) is 4.79 Å². The minimum atomic E-state index is -0.517. The summed E-state index contributed by atoms with van der Waals surface area (Å²) in [7, 11) is 1.50. The monoisotopic (exact) mass is 322 g/mol. The third kappa shape index (κ3) is 3.54. The Bertz CT molecular complexity index is 774. The zero-order valence-electron chi connectivity index (χ0n) is 12.4. The van der Waals surface area contributed by atoms with Crippen molar-refractivity contribution >= 4 is 17.5 Å². The normalized spacial score (nSPS) is 10.5. The SMILES string of the molecule is COc1ccc(F)cc1CSc1nc(=O)[nH]c(C)c1C(C)=O. The van der Waals surface area contributed by atoms with Crippen LogP contribution in [0, 0.1) is 12.7 Å². The molecule has 0 aliphatic rings. The fourth-order valence-electron chi connectivity index (χ4n) is 2.08. The summed E-state index contributed by atoms with van der Waals surface area (Å²) < 4.78 is 18.5. The minimum Gasteiger partial charge on any atom is -0.496 e. The summed E-state index contributed by atoms with van der Waals surface area (Å²) in [6.07, 6.45) is 0. The summed E-state index contributed by atoms with van der Waals surface area (Å²) in [6, 6.07) is 4.20. The van der Waals surface area contributed by atoms with Crippen LogP contribution in [0.4, 0.5) is 4.39 Å². The molecule has 0 saturated carbocycles. The average molecular weight is 322 g/mol. The molecule has 116 valence electrons. The summed E-state index contributed by atoms with van der Waals surface area (Å²) in [5, 5.41) is 0.333. The van der Waals surface area contributed by atoms with Gasteiger partial charge in [-0.2, -0.15) is 4.98 Å². The molecule has 0 bridgehead atoms. The lowest BCUT2D eigenvalue weighted by atomic mass is 10.2. The van der Waals surface area contributed by atoms with E-state index in [0.717, 1.165) is 0 Å². The van der Waals surface area contributed by atoms with Crippen molar-refractivity contribution in [1.82, 2.24) is 9.97 Å². The van der Waals surface area contributed by atoms with Crippen LogP contribution in [0.3, 0.4) is 0 Å². The van der Waals surface area contributed by atoms with Gasteiger partial charge in [0.2, 0.25) is 0 Å². The zero-order chi connectivity index (χ0) is 16.3. The molecule has 5 nitrogen and oxygen atoms in total. The zero-order valence-corrected chi connectivity index (χ0v) is 13.2. The molecule has 0 aliphatic heterocycles. The number of ether oxygens (including phenoxy) is 1. The molecule has 1 heterocycles. The highest BCUT2D eigenvalue weighted by Crippen LogP contribution is 2.29. The second-order valence-electron chi connectivity index (χ2n) is 4.65. The molecular formula is C15H15FN2O3S. The van der Waals surface area contributed by atoms with Gasteiger partial charge in [0, 0.05) is 17.0 Å². The Morgan fingerprint density at radius 1 is 1.45 bits per heavy atom. The summed E-state index contributed by atoms with van der Waals surface area (Å²) in [4.78, 5) is 29.6. The number of methoxy groups -OCH3 is 1. The van der Waals surface area contributed by atoms with Crippen molar-refractivity contribution < 1.29 is 13.9 Å². The molecule has 1 aromatic carbocycles. The van der Waals surface area contributed by atoms with Crippen molar-refractivity contribution in [2.45, 2.75) is 24.6 Å². The third-order valence-corrected chi connectivity index (χ3v) is 4.07. The van der Waals surface area contributed by atoms with Gasteiger partial charge in [0.1, 0.15) is 16.6 Å². The lowest BCUT2D eigenvalue weighted by Crippen LogP contribution is -2.17. The number of nitrogens with zero attached hydrogens (tertiary/aromatic N) is 1. The number of rotatable bonds is 5. The molecule has 2 aromatic rings. The number of aromatic amines is 1. The van der Waals surface area contributed by atoms with E-state index in [0.29, 0.717) is 33.3 Å². The van der Waals surface area contributed by atoms with Crippen LogP contribution in [0.2, 0.25) is 0 Å². The van der Waals surface area contributed by atoms with Crippen molar-refractivity contribution in [2.24, 2.45) is 0 Å². The average Bonchev–Trinajstić information content (AvgIpc) is 2.44. The molecule has 1 aromatic heterocycles. The number of carbonyl (C=O) groups is 1. The second kappa shape index (κ2) is 6.74. The quantitative estimate of drug-likeness (QED) is 0.520. The molecule has 0 aliphatic carbocycles. The highest BCUT2D eigenvalue weighted by atomic mass is 32.2. The number of benzene rings is 1. The first-order chi connectivity index (χ1) is 10.4. The molecule has 22 heavy (non-hydrogen) atoms. The Morgan fingerprint density at radius 3 is 2.82 bits per heavy atom. The Hall–Kier alpha value is -2.15. The molecular weight excluding hydrogens is 307 g/mol. The van der Waals surface area contributed by atoms with Gasteiger partial charge in [0.25, 0.3) is 0 Å². The molecule has 0 radical (unpaired) electrons. The Morgan fingerprint density at radius 2 is 2.18 bits per heavy atom. The molecule has 0 amide bonds. The topological polar surface area (TPSA) is 72.0 Å². The third-order valence-electron chi connectivity index (χ3n) is 3.05. The number of H-pyrrole nitrogens is 1. The molecule has 0 spiro atoms. The number of hydrogen-bond donors (Lipinski definition) is 1. The number of ketones is 1. The van der Waals surface area contributed by atoms with E-state index in [1.54, 1.807) is 6.92 Å². The summed E-state index contributed by atoms with van der Waals surface area (Å²) in [6.45, 7) is 3.06. The van der Waals surface area contributed by atoms with Gasteiger partial charge in [-0.05, 0) is 32.0 Å². The van der Waals surface area contributed by atoms with Gasteiger partial charge < -0.3 is 9.72 Å². The van der Waals surface area contributed by atoms with E-state index in [1.807, 2.05) is 0 Å². The van der Waals surface area contributed by atoms with E-state index >= 15 is 0 Å². The highest BCUT2D eigenvalue weighted by Gasteiger charge is 2.15. The second-order valence-corrected chi connectivity index (χ2v) is 5.61. The van der Waals surface area contributed by atoms with E-state index in [2.05, 4.69) is 9.97 Å². The number of hydrogen-bond acceptors (Lipinski definition) is 5. The van der Waals surface area contributed by atoms with E-state index in [4.69, 9.17) is 4.74 Å². The van der Waals surface area contributed by atoms with Crippen molar-refractivity contribution in [2.75, 3.05) is 7.11 Å². The van der Waals surface area contributed by atoms with Crippen LogP contribution in [-0.4, -0.2) is 22.9 Å². The molecule has 0 atom stereocenters. The number of thioether (sulfide) groups is 1. The van der Waals surface area contributed by atoms with Gasteiger partial charge in [0.05, 0.1) is 12.7 Å². The molecule has 0 fully saturated rings. The molecule has 0 saturated heterocycles. The van der Waals surface area contributed by atoms with Gasteiger partial charge in [-0.15, -0.1) is 11.8 Å². The maximum atomic E-state index is 13.4. The van der Waals surface area contributed by atoms with E-state index in [-0.39, 0.29) is 11.6 Å². The predicted octanol–water partition coefficient (Wildman–Crippen LogP) is 2.72. The van der Waals surface area contributed by atoms with Crippen molar-refractivity contribution in [1.29, 1.82) is 0 Å². The van der Waals surface area contributed by atoms with Gasteiger partial charge in [-0.25, -0.2) is 9.18 Å². The molecule has 0 unspecified atom stereocenters. The van der Waals surface area contributed by atoms with Gasteiger partial charge >= 0.3 is 5.69 Å². The minimum absolute atomic E-state index is 0.185. The number of halogens is 1. The Labute approximate surface area is 130 Å². The van der Waals surface area contributed by atoms with Gasteiger partial charge in [0.15, 0.2) is 5.78 Å². The Kier molecular flexibility index (Phi) is 4.97. The first-order valence-corrected chi connectivity index (χ1v) is 7.48. The van der Waals surface area contributed by atoms with Crippen molar-refractivity contribution in [3.63, 3.8) is 0 Å². The fourth-order valence-corrected chi connectivity index (χ4v) is 3.19. The number of carbonyl (C=O) groups excluding carboxylic acids is 1. The lowest BCUT2D eigenvalue weighted by Gasteiger charge is -2.10. The number of nitrogens with one attached hydrogen (secondary N) is 1. The van der Waals surface area contributed by atoms with Crippen LogP contribution in [-0.2, 0) is 5.75 Å². The van der Waals surface area contributed by atoms with Crippen LogP contribution in [0.15, 0.2) is 28.0 Å². The van der Waals surface area contributed by atoms with Crippen LogP contribution in [0.25, 0.3) is 0 Å². The van der Waals surface area contributed by atoms with E-state index in [9.17, 15) is 14.0 Å². The lowest BCUT2D eigenvalue weighted by molar-refractivity contribution is 0.101. The van der Waals surface area contributed by atoms with Gasteiger partial charge in [-0.1, -0.05) is 0 Å². The van der Waals surface area contributed by atoms with Crippen LogP contribution >= 0.6 is 11.8 Å². The standard InChI is InChI=1S/C15H15FN2O3S/c1-8-13(9(2)19)14(18-15(20)17-8)22-7-10-6-11(16)4-5-12(10)21-3/h4-6H,7H2,1-3H3,(H,17,18,20). The van der Waals surface area contributed by atoms with Crippen LogP contribution in [0.1, 0.15) is 28.5 Å². The number of aromatic nitrogens is 2. The maximum absolute atomic E-state index is 13.4. The summed E-state index contributed by atoms with van der Waals surface area (Å²) in [5.41, 5.74) is 0.958. The number of Topliss-reactive ketones (excluding diaryl/α,β-unsaturated/α-hetero) is 1. The Balaban J connectivity index is 2.35. The first-order valence-electron chi connectivity index (χ1n) is 6.49. The predicted molar refractivity (Wildman–Crippen MR) is 82.1 cm³/mol. The van der Waals surface area contributed by atoms with Crippen LogP contribution < -0.4 is 10.4 Å². The summed E-state index contributed by atoms with van der Waals surface area (Å²) in [5.74, 6) is 0.310. The van der Waals surface area contributed by atoms with Crippen LogP contribution in [0.5, 0.6) is 5.75 Å². The van der Waals surface area contributed by atoms with E-state index < -0.39 is 5.69 Å². The largest absolute Gasteiger partial charge is 0.496 e. The summed E-state index contributed by atoms with van der Waals surface area (Å²) >= 11 is 1.20. The fraction of sp³-hybridized carbons (Fsp3) is 0.267. The molecule has 7 heteroatoms. The van der Waals surface area contributed by atoms with Crippen molar-refractivity contribution in [3.8, 4) is 5.75 Å². The van der Waals surface area contributed by atoms with E-state index in [1.165, 1.54) is 44.0 Å². The molecule has 2 rings (SSSR count).